The maximum absolute atomic E-state index is 11.2. The first kappa shape index (κ1) is 14.7. The predicted octanol–water partition coefficient (Wildman–Crippen LogP) is 3.35. The lowest BCUT2D eigenvalue weighted by Gasteiger charge is -2.09. The number of hydrogen-bond donors (Lipinski definition) is 2. The molecule has 0 bridgehead atoms. The zero-order valence-corrected chi connectivity index (χ0v) is 12.7. The van der Waals surface area contributed by atoms with Gasteiger partial charge in [0.15, 0.2) is 5.82 Å². The number of amides is 1. The molecule has 1 heterocycles. The van der Waals surface area contributed by atoms with Gasteiger partial charge in [0, 0.05) is 23.7 Å². The summed E-state index contributed by atoms with van der Waals surface area (Å²) in [6.45, 7) is 1.47. The Balaban J connectivity index is 2.04. The van der Waals surface area contributed by atoms with Crippen molar-refractivity contribution in [2.24, 2.45) is 0 Å². The Hall–Kier alpha value is -3.21. The number of nitrogens with one attached hydrogen (secondary N) is 1. The van der Waals surface area contributed by atoms with Crippen molar-refractivity contribution in [2.45, 2.75) is 6.92 Å². The molecule has 0 fully saturated rings. The van der Waals surface area contributed by atoms with Crippen LogP contribution in [-0.4, -0.2) is 15.9 Å². The van der Waals surface area contributed by atoms with E-state index in [0.29, 0.717) is 22.9 Å². The average Bonchev–Trinajstić information content (AvgIpc) is 2.56. The van der Waals surface area contributed by atoms with Crippen LogP contribution in [0.15, 0.2) is 60.8 Å². The fraction of sp³-hybridized carbons (Fsp3) is 0.0556. The molecule has 3 N–H and O–H groups in total. The summed E-state index contributed by atoms with van der Waals surface area (Å²) in [6.07, 6.45) is 1.61. The summed E-state index contributed by atoms with van der Waals surface area (Å²) in [4.78, 5) is 20.1. The predicted molar refractivity (Wildman–Crippen MR) is 91.6 cm³/mol. The van der Waals surface area contributed by atoms with Crippen LogP contribution in [0.3, 0.4) is 0 Å². The van der Waals surface area contributed by atoms with Gasteiger partial charge >= 0.3 is 0 Å². The van der Waals surface area contributed by atoms with E-state index in [1.165, 1.54) is 6.92 Å². The van der Waals surface area contributed by atoms with Crippen LogP contribution in [-0.2, 0) is 4.79 Å². The van der Waals surface area contributed by atoms with Crippen molar-refractivity contribution in [3.8, 4) is 22.6 Å². The third-order valence-electron chi connectivity index (χ3n) is 3.31. The Morgan fingerprint density at radius 2 is 1.78 bits per heavy atom. The van der Waals surface area contributed by atoms with Crippen LogP contribution in [0.2, 0.25) is 0 Å². The van der Waals surface area contributed by atoms with E-state index in [2.05, 4.69) is 15.3 Å². The Morgan fingerprint density at radius 1 is 1.04 bits per heavy atom. The van der Waals surface area contributed by atoms with Gasteiger partial charge in [-0.3, -0.25) is 4.79 Å². The van der Waals surface area contributed by atoms with Gasteiger partial charge in [0.1, 0.15) is 0 Å². The van der Waals surface area contributed by atoms with Gasteiger partial charge in [-0.25, -0.2) is 9.97 Å². The molecule has 114 valence electrons. The zero-order chi connectivity index (χ0) is 16.2. The van der Waals surface area contributed by atoms with Gasteiger partial charge in [-0.15, -0.1) is 0 Å². The van der Waals surface area contributed by atoms with E-state index in [4.69, 9.17) is 5.73 Å². The molecule has 0 radical (unpaired) electrons. The molecule has 0 saturated heterocycles. The summed E-state index contributed by atoms with van der Waals surface area (Å²) in [5.74, 6) is 0.488. The van der Waals surface area contributed by atoms with E-state index in [9.17, 15) is 4.79 Å². The summed E-state index contributed by atoms with van der Waals surface area (Å²) >= 11 is 0. The SMILES string of the molecule is CC(=O)Nc1cccc(-c2nc(-c3ccccc3)ncc2N)c1. The van der Waals surface area contributed by atoms with Crippen molar-refractivity contribution in [3.63, 3.8) is 0 Å². The summed E-state index contributed by atoms with van der Waals surface area (Å²) in [5, 5.41) is 2.76. The molecule has 1 aromatic heterocycles. The van der Waals surface area contributed by atoms with Gasteiger partial charge in [-0.1, -0.05) is 42.5 Å². The van der Waals surface area contributed by atoms with Crippen LogP contribution in [0.5, 0.6) is 0 Å². The summed E-state index contributed by atoms with van der Waals surface area (Å²) in [5.41, 5.74) is 9.63. The minimum absolute atomic E-state index is 0.122. The fourth-order valence-corrected chi connectivity index (χ4v) is 2.30. The van der Waals surface area contributed by atoms with E-state index < -0.39 is 0 Å². The molecule has 0 spiro atoms. The lowest BCUT2D eigenvalue weighted by Crippen LogP contribution is -2.05. The minimum Gasteiger partial charge on any atom is -0.396 e. The van der Waals surface area contributed by atoms with Crippen molar-refractivity contribution >= 4 is 17.3 Å². The molecule has 0 aliphatic heterocycles. The van der Waals surface area contributed by atoms with Gasteiger partial charge in [0.05, 0.1) is 17.6 Å². The van der Waals surface area contributed by atoms with Gasteiger partial charge < -0.3 is 11.1 Å². The number of benzene rings is 2. The number of hydrogen-bond acceptors (Lipinski definition) is 4. The lowest BCUT2D eigenvalue weighted by atomic mass is 10.1. The molecule has 0 aliphatic carbocycles. The van der Waals surface area contributed by atoms with Crippen LogP contribution in [0.25, 0.3) is 22.6 Å². The number of nitrogens with two attached hydrogens (primary N) is 1. The second-order valence-corrected chi connectivity index (χ2v) is 5.13. The Morgan fingerprint density at radius 3 is 2.52 bits per heavy atom. The molecule has 23 heavy (non-hydrogen) atoms. The molecular formula is C18H16N4O. The van der Waals surface area contributed by atoms with Gasteiger partial charge in [-0.2, -0.15) is 0 Å². The Kier molecular flexibility index (Phi) is 4.01. The maximum Gasteiger partial charge on any atom is 0.221 e. The van der Waals surface area contributed by atoms with Crippen LogP contribution < -0.4 is 11.1 Å². The topological polar surface area (TPSA) is 80.9 Å². The van der Waals surface area contributed by atoms with E-state index >= 15 is 0 Å². The van der Waals surface area contributed by atoms with Crippen molar-refractivity contribution in [3.05, 3.63) is 60.8 Å². The molecule has 0 saturated carbocycles. The molecule has 1 amide bonds. The largest absolute Gasteiger partial charge is 0.396 e. The molecule has 0 unspecified atom stereocenters. The normalized spacial score (nSPS) is 10.3. The van der Waals surface area contributed by atoms with Crippen LogP contribution >= 0.6 is 0 Å². The Bertz CT molecular complexity index is 847. The molecule has 3 rings (SSSR count). The molecule has 5 heteroatoms. The third-order valence-corrected chi connectivity index (χ3v) is 3.31. The second kappa shape index (κ2) is 6.27. The smallest absolute Gasteiger partial charge is 0.221 e. The number of carbonyl (C=O) groups is 1. The summed E-state index contributed by atoms with van der Waals surface area (Å²) < 4.78 is 0. The van der Waals surface area contributed by atoms with E-state index in [1.54, 1.807) is 6.20 Å². The van der Waals surface area contributed by atoms with Crippen LogP contribution in [0, 0.1) is 0 Å². The van der Waals surface area contributed by atoms with Crippen LogP contribution in [0.4, 0.5) is 11.4 Å². The number of nitrogens with zero attached hydrogens (tertiary/aromatic N) is 2. The first-order valence-corrected chi connectivity index (χ1v) is 7.19. The third kappa shape index (κ3) is 3.35. The monoisotopic (exact) mass is 304 g/mol. The highest BCUT2D eigenvalue weighted by atomic mass is 16.1. The van der Waals surface area contributed by atoms with Gasteiger partial charge in [-0.05, 0) is 12.1 Å². The minimum atomic E-state index is -0.122. The van der Waals surface area contributed by atoms with E-state index in [1.807, 2.05) is 54.6 Å². The second-order valence-electron chi connectivity index (χ2n) is 5.13. The molecule has 0 atom stereocenters. The quantitative estimate of drug-likeness (QED) is 0.777. The highest BCUT2D eigenvalue weighted by Gasteiger charge is 2.09. The first-order chi connectivity index (χ1) is 11.1. The van der Waals surface area contributed by atoms with Gasteiger partial charge in [0.25, 0.3) is 0 Å². The van der Waals surface area contributed by atoms with E-state index in [0.717, 1.165) is 11.1 Å². The van der Waals surface area contributed by atoms with Crippen molar-refractivity contribution < 1.29 is 4.79 Å². The average molecular weight is 304 g/mol. The standard InChI is InChI=1S/C18H16N4O/c1-12(23)21-15-9-5-8-14(10-15)17-16(19)11-20-18(22-17)13-6-3-2-4-7-13/h2-11H,19H2,1H3,(H,21,23). The van der Waals surface area contributed by atoms with Gasteiger partial charge in [0.2, 0.25) is 5.91 Å². The lowest BCUT2D eigenvalue weighted by molar-refractivity contribution is -0.114. The molecule has 2 aromatic carbocycles. The molecule has 3 aromatic rings. The number of rotatable bonds is 3. The summed E-state index contributed by atoms with van der Waals surface area (Å²) in [7, 11) is 0. The number of anilines is 2. The van der Waals surface area contributed by atoms with Crippen molar-refractivity contribution in [2.75, 3.05) is 11.1 Å². The fourth-order valence-electron chi connectivity index (χ4n) is 2.30. The molecule has 5 nitrogen and oxygen atoms in total. The number of aromatic nitrogens is 2. The Labute approximate surface area is 134 Å². The molecule has 0 aliphatic rings. The first-order valence-electron chi connectivity index (χ1n) is 7.19. The number of nitrogen functional groups attached to an aromatic ring is 1. The van der Waals surface area contributed by atoms with Crippen molar-refractivity contribution in [1.29, 1.82) is 0 Å². The number of carbonyl (C=O) groups excluding carboxylic acids is 1. The zero-order valence-electron chi connectivity index (χ0n) is 12.7. The van der Waals surface area contributed by atoms with Crippen LogP contribution in [0.1, 0.15) is 6.92 Å². The highest BCUT2D eigenvalue weighted by molar-refractivity contribution is 5.90. The maximum atomic E-state index is 11.2. The highest BCUT2D eigenvalue weighted by Crippen LogP contribution is 2.27. The molecular weight excluding hydrogens is 288 g/mol. The van der Waals surface area contributed by atoms with E-state index in [-0.39, 0.29) is 5.91 Å². The van der Waals surface area contributed by atoms with Crippen molar-refractivity contribution in [1.82, 2.24) is 9.97 Å². The summed E-state index contributed by atoms with van der Waals surface area (Å²) in [6, 6.07) is 17.1.